The Labute approximate surface area is 128 Å². The first-order chi connectivity index (χ1) is 10.6. The van der Waals surface area contributed by atoms with Crippen molar-refractivity contribution in [2.45, 2.75) is 18.5 Å². The van der Waals surface area contributed by atoms with Crippen molar-refractivity contribution in [1.82, 2.24) is 5.32 Å². The topological polar surface area (TPSA) is 69.6 Å². The second kappa shape index (κ2) is 7.68. The lowest BCUT2D eigenvalue weighted by atomic mass is 10.0. The summed E-state index contributed by atoms with van der Waals surface area (Å²) in [7, 11) is 0. The minimum atomic E-state index is -1.02. The molecule has 0 fully saturated rings. The predicted octanol–water partition coefficient (Wildman–Crippen LogP) is 2.14. The first-order valence-corrected chi connectivity index (χ1v) is 6.99. The van der Waals surface area contributed by atoms with Crippen molar-refractivity contribution >= 4 is 5.97 Å². The summed E-state index contributed by atoms with van der Waals surface area (Å²) in [6.45, 7) is -0.211. The van der Waals surface area contributed by atoms with Crippen molar-refractivity contribution in [3.05, 3.63) is 71.5 Å². The van der Waals surface area contributed by atoms with Gasteiger partial charge in [-0.15, -0.1) is 0 Å². The number of hydrogen-bond donors (Lipinski definition) is 3. The van der Waals surface area contributed by atoms with Crippen LogP contribution >= 0.6 is 0 Å². The zero-order valence-electron chi connectivity index (χ0n) is 11.9. The Hall–Kier alpha value is -2.24. The molecular formula is C17H18FNO3. The number of aliphatic hydroxyl groups is 1. The van der Waals surface area contributed by atoms with Crippen LogP contribution in [0.2, 0.25) is 0 Å². The molecule has 5 heteroatoms. The van der Waals surface area contributed by atoms with Crippen LogP contribution in [0.3, 0.4) is 0 Å². The van der Waals surface area contributed by atoms with E-state index in [4.69, 9.17) is 0 Å². The van der Waals surface area contributed by atoms with Crippen LogP contribution in [0, 0.1) is 5.82 Å². The Morgan fingerprint density at radius 1 is 1.09 bits per heavy atom. The zero-order chi connectivity index (χ0) is 15.9. The van der Waals surface area contributed by atoms with E-state index >= 15 is 0 Å². The number of carboxylic acids is 1. The van der Waals surface area contributed by atoms with Gasteiger partial charge in [0.25, 0.3) is 0 Å². The van der Waals surface area contributed by atoms with Gasteiger partial charge in [0.1, 0.15) is 11.9 Å². The van der Waals surface area contributed by atoms with E-state index in [0.29, 0.717) is 5.56 Å². The fourth-order valence-electron chi connectivity index (χ4n) is 2.26. The molecule has 3 N–H and O–H groups in total. The molecule has 2 rings (SSSR count). The third-order valence-electron chi connectivity index (χ3n) is 3.44. The molecule has 0 heterocycles. The lowest BCUT2D eigenvalue weighted by Crippen LogP contribution is -2.42. The fourth-order valence-corrected chi connectivity index (χ4v) is 2.26. The van der Waals surface area contributed by atoms with Crippen LogP contribution in [0.15, 0.2) is 54.6 Å². The number of hydrogen-bond acceptors (Lipinski definition) is 3. The largest absolute Gasteiger partial charge is 0.480 e. The van der Waals surface area contributed by atoms with Crippen LogP contribution in [0.25, 0.3) is 0 Å². The van der Waals surface area contributed by atoms with Crippen molar-refractivity contribution < 1.29 is 19.4 Å². The lowest BCUT2D eigenvalue weighted by Gasteiger charge is -2.22. The maximum absolute atomic E-state index is 12.9. The zero-order valence-corrected chi connectivity index (χ0v) is 11.9. The van der Waals surface area contributed by atoms with Crippen molar-refractivity contribution in [3.63, 3.8) is 0 Å². The van der Waals surface area contributed by atoms with Crippen LogP contribution in [0.1, 0.15) is 17.2 Å². The van der Waals surface area contributed by atoms with E-state index in [2.05, 4.69) is 5.32 Å². The van der Waals surface area contributed by atoms with E-state index in [0.717, 1.165) is 5.56 Å². The molecule has 0 unspecified atom stereocenters. The van der Waals surface area contributed by atoms with Gasteiger partial charge in [0.2, 0.25) is 0 Å². The molecule has 2 aromatic carbocycles. The summed E-state index contributed by atoms with van der Waals surface area (Å²) in [5.41, 5.74) is 1.53. The number of benzene rings is 2. The third kappa shape index (κ3) is 4.38. The number of carboxylic acid groups (broad SMARTS) is 1. The molecule has 2 atom stereocenters. The number of aliphatic hydroxyl groups excluding tert-OH is 1. The third-order valence-corrected chi connectivity index (χ3v) is 3.44. The van der Waals surface area contributed by atoms with E-state index in [1.165, 1.54) is 12.1 Å². The van der Waals surface area contributed by atoms with Crippen LogP contribution in [0.4, 0.5) is 4.39 Å². The van der Waals surface area contributed by atoms with E-state index in [1.807, 2.05) is 30.3 Å². The quantitative estimate of drug-likeness (QED) is 0.733. The highest BCUT2D eigenvalue weighted by atomic mass is 19.1. The Morgan fingerprint density at radius 3 is 2.27 bits per heavy atom. The summed E-state index contributed by atoms with van der Waals surface area (Å²) in [6, 6.07) is 13.5. The molecule has 0 aliphatic rings. The molecule has 0 bridgehead atoms. The minimum Gasteiger partial charge on any atom is -0.480 e. The minimum absolute atomic E-state index is 0.207. The summed E-state index contributed by atoms with van der Waals surface area (Å²) in [5, 5.41) is 21.8. The van der Waals surface area contributed by atoms with E-state index in [-0.39, 0.29) is 18.8 Å². The number of carbonyl (C=O) groups is 1. The van der Waals surface area contributed by atoms with Gasteiger partial charge in [-0.2, -0.15) is 0 Å². The maximum atomic E-state index is 12.9. The van der Waals surface area contributed by atoms with Gasteiger partial charge in [0.15, 0.2) is 0 Å². The molecule has 116 valence electrons. The van der Waals surface area contributed by atoms with Crippen LogP contribution in [0.5, 0.6) is 0 Å². The Bertz CT molecular complexity index is 601. The molecule has 0 spiro atoms. The van der Waals surface area contributed by atoms with Crippen LogP contribution in [-0.4, -0.2) is 28.8 Å². The molecule has 0 saturated heterocycles. The summed E-state index contributed by atoms with van der Waals surface area (Å²) < 4.78 is 12.9. The second-order valence-electron chi connectivity index (χ2n) is 5.03. The molecule has 4 nitrogen and oxygen atoms in total. The molecule has 0 aromatic heterocycles. The highest BCUT2D eigenvalue weighted by molar-refractivity contribution is 5.74. The number of halogens is 1. The molecule has 0 radical (unpaired) electrons. The molecule has 2 aromatic rings. The smallest absolute Gasteiger partial charge is 0.321 e. The first-order valence-electron chi connectivity index (χ1n) is 6.99. The van der Waals surface area contributed by atoms with Gasteiger partial charge < -0.3 is 10.2 Å². The average molecular weight is 303 g/mol. The molecular weight excluding hydrogens is 285 g/mol. The van der Waals surface area contributed by atoms with Gasteiger partial charge in [-0.1, -0.05) is 42.5 Å². The van der Waals surface area contributed by atoms with Gasteiger partial charge in [0, 0.05) is 0 Å². The van der Waals surface area contributed by atoms with E-state index in [1.54, 1.807) is 12.1 Å². The van der Waals surface area contributed by atoms with Gasteiger partial charge in [-0.3, -0.25) is 10.1 Å². The number of nitrogens with one attached hydrogen (secondary N) is 1. The monoisotopic (exact) mass is 303 g/mol. The lowest BCUT2D eigenvalue weighted by molar-refractivity contribution is -0.139. The summed E-state index contributed by atoms with van der Waals surface area (Å²) in [6.07, 6.45) is 0.207. The van der Waals surface area contributed by atoms with Gasteiger partial charge in [-0.25, -0.2) is 4.39 Å². The highest BCUT2D eigenvalue weighted by Crippen LogP contribution is 2.14. The number of aliphatic carboxylic acids is 1. The second-order valence-corrected chi connectivity index (χ2v) is 5.03. The van der Waals surface area contributed by atoms with Crippen molar-refractivity contribution in [1.29, 1.82) is 0 Å². The molecule has 0 amide bonds. The standard InChI is InChI=1S/C17H18FNO3/c18-14-8-6-12(7-9-14)10-15(17(21)22)19-16(11-20)13-4-2-1-3-5-13/h1-9,15-16,19-20H,10-11H2,(H,21,22)/t15-,16-/m1/s1. The first kappa shape index (κ1) is 16.1. The Balaban J connectivity index is 2.10. The van der Waals surface area contributed by atoms with Crippen molar-refractivity contribution in [2.75, 3.05) is 6.61 Å². The SMILES string of the molecule is O=C(O)[C@@H](Cc1ccc(F)cc1)N[C@H](CO)c1ccccc1. The Kier molecular flexibility index (Phi) is 5.63. The van der Waals surface area contributed by atoms with Gasteiger partial charge in [-0.05, 0) is 29.7 Å². The summed E-state index contributed by atoms with van der Waals surface area (Å²) in [5.74, 6) is -1.38. The summed E-state index contributed by atoms with van der Waals surface area (Å²) in [4.78, 5) is 11.4. The molecule has 22 heavy (non-hydrogen) atoms. The van der Waals surface area contributed by atoms with Crippen molar-refractivity contribution in [3.8, 4) is 0 Å². The number of rotatable bonds is 7. The summed E-state index contributed by atoms with van der Waals surface area (Å²) >= 11 is 0. The fraction of sp³-hybridized carbons (Fsp3) is 0.235. The Morgan fingerprint density at radius 2 is 1.73 bits per heavy atom. The average Bonchev–Trinajstić information content (AvgIpc) is 2.54. The normalized spacial score (nSPS) is 13.5. The predicted molar refractivity (Wildman–Crippen MR) is 80.9 cm³/mol. The maximum Gasteiger partial charge on any atom is 0.321 e. The highest BCUT2D eigenvalue weighted by Gasteiger charge is 2.22. The molecule has 0 aliphatic carbocycles. The molecule has 0 aliphatic heterocycles. The molecule has 0 saturated carbocycles. The van der Waals surface area contributed by atoms with Gasteiger partial charge >= 0.3 is 5.97 Å². The van der Waals surface area contributed by atoms with E-state index < -0.39 is 18.1 Å². The van der Waals surface area contributed by atoms with E-state index in [9.17, 15) is 19.4 Å². The van der Waals surface area contributed by atoms with Crippen molar-refractivity contribution in [2.24, 2.45) is 0 Å². The van der Waals surface area contributed by atoms with Gasteiger partial charge in [0.05, 0.1) is 12.6 Å². The van der Waals surface area contributed by atoms with Crippen LogP contribution in [-0.2, 0) is 11.2 Å². The van der Waals surface area contributed by atoms with Crippen LogP contribution < -0.4 is 5.32 Å².